The van der Waals surface area contributed by atoms with Gasteiger partial charge in [-0.2, -0.15) is 0 Å². The highest BCUT2D eigenvalue weighted by molar-refractivity contribution is 7.98. The molecule has 0 radical (unpaired) electrons. The van der Waals surface area contributed by atoms with Gasteiger partial charge in [0.2, 0.25) is 0 Å². The molecule has 21 heavy (non-hydrogen) atoms. The van der Waals surface area contributed by atoms with Crippen LogP contribution in [-0.2, 0) is 6.54 Å². The zero-order valence-corrected chi connectivity index (χ0v) is 13.4. The standard InChI is InChI=1S/C15H16N4S2/c1-20-12-2-3-13-14(6-12)21-15(17-13)19-8-11(9-19)7-18-5-4-16-10-18/h2-6,10-11H,7-9H2,1H3. The van der Waals surface area contributed by atoms with E-state index in [9.17, 15) is 0 Å². The molecule has 4 nitrogen and oxygen atoms in total. The average molecular weight is 316 g/mol. The van der Waals surface area contributed by atoms with Gasteiger partial charge >= 0.3 is 0 Å². The van der Waals surface area contributed by atoms with Crippen LogP contribution in [0.15, 0.2) is 41.8 Å². The van der Waals surface area contributed by atoms with Crippen LogP contribution >= 0.6 is 23.1 Å². The van der Waals surface area contributed by atoms with E-state index in [-0.39, 0.29) is 0 Å². The van der Waals surface area contributed by atoms with Crippen LogP contribution in [0.25, 0.3) is 10.2 Å². The number of aromatic nitrogens is 3. The first kappa shape index (κ1) is 13.2. The maximum Gasteiger partial charge on any atom is 0.186 e. The molecule has 4 rings (SSSR count). The molecule has 0 unspecified atom stereocenters. The summed E-state index contributed by atoms with van der Waals surface area (Å²) >= 11 is 3.58. The SMILES string of the molecule is CSc1ccc2nc(N3CC(Cn4ccnc4)C3)sc2c1. The Labute approximate surface area is 131 Å². The fourth-order valence-electron chi connectivity index (χ4n) is 2.69. The number of nitrogens with zero attached hydrogens (tertiary/aromatic N) is 4. The maximum atomic E-state index is 4.76. The molecular formula is C15H16N4S2. The quantitative estimate of drug-likeness (QED) is 0.691. The van der Waals surface area contributed by atoms with Gasteiger partial charge in [-0.1, -0.05) is 11.3 Å². The third-order valence-corrected chi connectivity index (χ3v) is 5.64. The molecule has 1 aliphatic heterocycles. The van der Waals surface area contributed by atoms with E-state index in [1.807, 2.05) is 18.7 Å². The number of fused-ring (bicyclic) bond motifs is 1. The van der Waals surface area contributed by atoms with E-state index < -0.39 is 0 Å². The molecule has 6 heteroatoms. The van der Waals surface area contributed by atoms with Crippen molar-refractivity contribution in [2.24, 2.45) is 5.92 Å². The van der Waals surface area contributed by atoms with Crippen molar-refractivity contribution in [3.8, 4) is 0 Å². The summed E-state index contributed by atoms with van der Waals surface area (Å²) in [5, 5.41) is 1.16. The Hall–Kier alpha value is -1.53. The van der Waals surface area contributed by atoms with E-state index in [4.69, 9.17) is 4.98 Å². The molecule has 2 aromatic heterocycles. The summed E-state index contributed by atoms with van der Waals surface area (Å²) in [5.41, 5.74) is 1.12. The van der Waals surface area contributed by atoms with Crippen LogP contribution < -0.4 is 4.90 Å². The molecule has 0 amide bonds. The molecule has 1 saturated heterocycles. The lowest BCUT2D eigenvalue weighted by Gasteiger charge is -2.39. The van der Waals surface area contributed by atoms with Crippen molar-refractivity contribution in [3.05, 3.63) is 36.9 Å². The number of hydrogen-bond acceptors (Lipinski definition) is 5. The first-order valence-corrected chi connectivity index (χ1v) is 9.01. The summed E-state index contributed by atoms with van der Waals surface area (Å²) in [6.07, 6.45) is 7.88. The summed E-state index contributed by atoms with van der Waals surface area (Å²) in [6.45, 7) is 3.23. The number of thiazole rings is 1. The van der Waals surface area contributed by atoms with Crippen molar-refractivity contribution >= 4 is 38.4 Å². The minimum atomic E-state index is 0.702. The van der Waals surface area contributed by atoms with Gasteiger partial charge in [0, 0.05) is 42.8 Å². The molecule has 1 aliphatic rings. The zero-order chi connectivity index (χ0) is 14.2. The second-order valence-corrected chi connectivity index (χ2v) is 7.25. The van der Waals surface area contributed by atoms with Crippen LogP contribution in [-0.4, -0.2) is 33.9 Å². The topological polar surface area (TPSA) is 34.0 Å². The lowest BCUT2D eigenvalue weighted by Crippen LogP contribution is -2.48. The van der Waals surface area contributed by atoms with Crippen molar-refractivity contribution in [1.82, 2.24) is 14.5 Å². The Bertz CT molecular complexity index is 744. The molecule has 0 aliphatic carbocycles. The molecule has 0 atom stereocenters. The van der Waals surface area contributed by atoms with Crippen LogP contribution in [0.2, 0.25) is 0 Å². The molecule has 1 fully saturated rings. The fraction of sp³-hybridized carbons (Fsp3) is 0.333. The number of anilines is 1. The Morgan fingerprint density at radius 3 is 3.05 bits per heavy atom. The number of hydrogen-bond donors (Lipinski definition) is 0. The minimum Gasteiger partial charge on any atom is -0.347 e. The van der Waals surface area contributed by atoms with Crippen molar-refractivity contribution < 1.29 is 0 Å². The normalized spacial score (nSPS) is 15.6. The molecule has 0 N–H and O–H groups in total. The van der Waals surface area contributed by atoms with Gasteiger partial charge in [0.1, 0.15) is 0 Å². The summed E-state index contributed by atoms with van der Waals surface area (Å²) in [5.74, 6) is 0.702. The van der Waals surface area contributed by atoms with Gasteiger partial charge in [-0.05, 0) is 24.5 Å². The highest BCUT2D eigenvalue weighted by Gasteiger charge is 2.29. The molecule has 0 spiro atoms. The molecule has 3 aromatic rings. The highest BCUT2D eigenvalue weighted by Crippen LogP contribution is 2.34. The van der Waals surface area contributed by atoms with Crippen molar-refractivity contribution in [2.75, 3.05) is 24.2 Å². The van der Waals surface area contributed by atoms with Gasteiger partial charge in [-0.3, -0.25) is 0 Å². The minimum absolute atomic E-state index is 0.702. The summed E-state index contributed by atoms with van der Waals surface area (Å²) < 4.78 is 3.44. The van der Waals surface area contributed by atoms with Gasteiger partial charge in [0.25, 0.3) is 0 Å². The predicted molar refractivity (Wildman–Crippen MR) is 89.3 cm³/mol. The Morgan fingerprint density at radius 1 is 1.38 bits per heavy atom. The van der Waals surface area contributed by atoms with E-state index in [0.717, 1.165) is 30.3 Å². The van der Waals surface area contributed by atoms with Crippen LogP contribution in [0.5, 0.6) is 0 Å². The van der Waals surface area contributed by atoms with Gasteiger partial charge < -0.3 is 9.47 Å². The lowest BCUT2D eigenvalue weighted by molar-refractivity contribution is 0.357. The van der Waals surface area contributed by atoms with Gasteiger partial charge in [-0.15, -0.1) is 11.8 Å². The first-order valence-electron chi connectivity index (χ1n) is 6.97. The van der Waals surface area contributed by atoms with Crippen LogP contribution in [0, 0.1) is 5.92 Å². The molecule has 0 saturated carbocycles. The van der Waals surface area contributed by atoms with E-state index in [1.165, 1.54) is 9.60 Å². The van der Waals surface area contributed by atoms with Crippen LogP contribution in [0.1, 0.15) is 0 Å². The molecule has 0 bridgehead atoms. The summed E-state index contributed by atoms with van der Waals surface area (Å²) in [6, 6.07) is 6.52. The molecule has 1 aromatic carbocycles. The van der Waals surface area contributed by atoms with E-state index in [0.29, 0.717) is 5.92 Å². The van der Waals surface area contributed by atoms with E-state index in [1.54, 1.807) is 23.1 Å². The van der Waals surface area contributed by atoms with E-state index in [2.05, 4.69) is 38.9 Å². The smallest absolute Gasteiger partial charge is 0.186 e. The Balaban J connectivity index is 1.46. The number of benzene rings is 1. The van der Waals surface area contributed by atoms with Crippen molar-refractivity contribution in [2.45, 2.75) is 11.4 Å². The predicted octanol–water partition coefficient (Wildman–Crippen LogP) is 3.35. The largest absolute Gasteiger partial charge is 0.347 e. The average Bonchev–Trinajstić information content (AvgIpc) is 3.10. The second kappa shape index (κ2) is 5.35. The third kappa shape index (κ3) is 2.53. The monoisotopic (exact) mass is 316 g/mol. The highest BCUT2D eigenvalue weighted by atomic mass is 32.2. The number of imidazole rings is 1. The maximum absolute atomic E-state index is 4.76. The van der Waals surface area contributed by atoms with Crippen LogP contribution in [0.3, 0.4) is 0 Å². The molecular weight excluding hydrogens is 300 g/mol. The van der Waals surface area contributed by atoms with Crippen molar-refractivity contribution in [3.63, 3.8) is 0 Å². The Morgan fingerprint density at radius 2 is 2.29 bits per heavy atom. The lowest BCUT2D eigenvalue weighted by atomic mass is 10.0. The van der Waals surface area contributed by atoms with E-state index >= 15 is 0 Å². The van der Waals surface area contributed by atoms with Gasteiger partial charge in [-0.25, -0.2) is 9.97 Å². The van der Waals surface area contributed by atoms with Crippen molar-refractivity contribution in [1.29, 1.82) is 0 Å². The summed E-state index contributed by atoms with van der Waals surface area (Å²) in [4.78, 5) is 12.5. The summed E-state index contributed by atoms with van der Waals surface area (Å²) in [7, 11) is 0. The number of thioether (sulfide) groups is 1. The van der Waals surface area contributed by atoms with Gasteiger partial charge in [0.15, 0.2) is 5.13 Å². The van der Waals surface area contributed by atoms with Crippen LogP contribution in [0.4, 0.5) is 5.13 Å². The third-order valence-electron chi connectivity index (χ3n) is 3.84. The van der Waals surface area contributed by atoms with Gasteiger partial charge in [0.05, 0.1) is 16.5 Å². The second-order valence-electron chi connectivity index (χ2n) is 5.36. The molecule has 3 heterocycles. The number of rotatable bonds is 4. The first-order chi connectivity index (χ1) is 10.3. The zero-order valence-electron chi connectivity index (χ0n) is 11.8. The Kier molecular flexibility index (Phi) is 3.35. The fourth-order valence-corrected chi connectivity index (χ4v) is 4.23. The molecule has 108 valence electrons.